The van der Waals surface area contributed by atoms with Gasteiger partial charge in [-0.3, -0.25) is 0 Å². The Hall–Kier alpha value is -0.113. The fourth-order valence-electron chi connectivity index (χ4n) is 1.39. The van der Waals surface area contributed by atoms with Crippen molar-refractivity contribution < 1.29 is 4.58 Å². The molecule has 58 valence electrons. The molecule has 0 unspecified atom stereocenters. The SMILES string of the molecule is [SiH3]CCC[N+]1=CCCCC1. The zero-order valence-electron chi connectivity index (χ0n) is 6.97. The summed E-state index contributed by atoms with van der Waals surface area (Å²) < 4.78 is 2.50. The van der Waals surface area contributed by atoms with Crippen LogP contribution < -0.4 is 0 Å². The van der Waals surface area contributed by atoms with E-state index in [9.17, 15) is 0 Å². The molecule has 0 saturated carbocycles. The summed E-state index contributed by atoms with van der Waals surface area (Å²) in [6, 6.07) is 1.46. The van der Waals surface area contributed by atoms with Gasteiger partial charge < -0.3 is 0 Å². The van der Waals surface area contributed by atoms with Gasteiger partial charge in [-0.25, -0.2) is 4.58 Å². The Kier molecular flexibility index (Phi) is 3.73. The van der Waals surface area contributed by atoms with Gasteiger partial charge in [0.1, 0.15) is 19.3 Å². The Bertz CT molecular complexity index is 120. The van der Waals surface area contributed by atoms with Gasteiger partial charge in [0.25, 0.3) is 0 Å². The molecule has 1 heterocycles. The lowest BCUT2D eigenvalue weighted by molar-refractivity contribution is -0.528. The fraction of sp³-hybridized carbons (Fsp3) is 0.875. The smallest absolute Gasteiger partial charge is 0.142 e. The molecule has 1 nitrogen and oxygen atoms in total. The lowest BCUT2D eigenvalue weighted by atomic mass is 10.2. The van der Waals surface area contributed by atoms with Crippen molar-refractivity contribution in [3.05, 3.63) is 0 Å². The molecule has 0 atom stereocenters. The van der Waals surface area contributed by atoms with Crippen molar-refractivity contribution in [2.45, 2.75) is 31.7 Å². The largest absolute Gasteiger partial charge is 0.240 e. The third-order valence-corrected chi connectivity index (χ3v) is 2.79. The molecular weight excluding hydrogens is 138 g/mol. The molecule has 0 spiro atoms. The molecule has 1 aliphatic heterocycles. The first-order valence-corrected chi connectivity index (χ1v) is 5.92. The number of hydrogen-bond donors (Lipinski definition) is 0. The van der Waals surface area contributed by atoms with Crippen molar-refractivity contribution in [1.82, 2.24) is 0 Å². The Morgan fingerprint density at radius 1 is 1.40 bits per heavy atom. The first-order chi connectivity index (χ1) is 4.93. The van der Waals surface area contributed by atoms with Gasteiger partial charge >= 0.3 is 0 Å². The summed E-state index contributed by atoms with van der Waals surface area (Å²) in [5, 5.41) is 0. The van der Waals surface area contributed by atoms with E-state index in [4.69, 9.17) is 0 Å². The number of rotatable bonds is 3. The van der Waals surface area contributed by atoms with Gasteiger partial charge in [0.15, 0.2) is 0 Å². The van der Waals surface area contributed by atoms with Crippen LogP contribution in [0.15, 0.2) is 0 Å². The summed E-state index contributed by atoms with van der Waals surface area (Å²) in [4.78, 5) is 0. The van der Waals surface area contributed by atoms with Gasteiger partial charge in [0.05, 0.1) is 0 Å². The summed E-state index contributed by atoms with van der Waals surface area (Å²) in [6.45, 7) is 2.64. The topological polar surface area (TPSA) is 3.01 Å². The monoisotopic (exact) mass is 156 g/mol. The van der Waals surface area contributed by atoms with Crippen molar-refractivity contribution in [1.29, 1.82) is 0 Å². The van der Waals surface area contributed by atoms with Crippen LogP contribution in [-0.2, 0) is 0 Å². The van der Waals surface area contributed by atoms with E-state index in [0.29, 0.717) is 0 Å². The molecule has 0 aliphatic carbocycles. The van der Waals surface area contributed by atoms with Crippen LogP contribution in [0.1, 0.15) is 25.7 Å². The molecule has 0 saturated heterocycles. The molecule has 1 aliphatic rings. The zero-order valence-corrected chi connectivity index (χ0v) is 8.97. The van der Waals surface area contributed by atoms with Gasteiger partial charge in [-0.1, -0.05) is 6.04 Å². The van der Waals surface area contributed by atoms with E-state index in [1.165, 1.54) is 55.1 Å². The van der Waals surface area contributed by atoms with E-state index in [1.54, 1.807) is 0 Å². The number of nitrogens with zero attached hydrogens (tertiary/aromatic N) is 1. The van der Waals surface area contributed by atoms with Gasteiger partial charge in [-0.15, -0.1) is 0 Å². The molecule has 10 heavy (non-hydrogen) atoms. The maximum atomic E-state index is 2.50. The van der Waals surface area contributed by atoms with Crippen LogP contribution >= 0.6 is 0 Å². The van der Waals surface area contributed by atoms with Crippen LogP contribution in [0.3, 0.4) is 0 Å². The van der Waals surface area contributed by atoms with E-state index in [0.717, 1.165) is 0 Å². The summed E-state index contributed by atoms with van der Waals surface area (Å²) in [6.07, 6.45) is 7.96. The molecular formula is C8H18NSi+. The highest BCUT2D eigenvalue weighted by atomic mass is 28.1. The van der Waals surface area contributed by atoms with Crippen LogP contribution in [-0.4, -0.2) is 34.1 Å². The maximum absolute atomic E-state index is 2.50. The Labute approximate surface area is 66.6 Å². The summed E-state index contributed by atoms with van der Waals surface area (Å²) >= 11 is 0. The molecule has 0 radical (unpaired) electrons. The average Bonchev–Trinajstić information content (AvgIpc) is 2.03. The van der Waals surface area contributed by atoms with Crippen LogP contribution in [0.2, 0.25) is 6.04 Å². The predicted octanol–water partition coefficient (Wildman–Crippen LogP) is 0.427. The van der Waals surface area contributed by atoms with Crippen molar-refractivity contribution in [2.24, 2.45) is 0 Å². The van der Waals surface area contributed by atoms with Crippen molar-refractivity contribution in [3.63, 3.8) is 0 Å². The Balaban J connectivity index is 2.18. The molecule has 0 fully saturated rings. The summed E-state index contributed by atoms with van der Waals surface area (Å²) in [7, 11) is 1.38. The van der Waals surface area contributed by atoms with Gasteiger partial charge in [-0.2, -0.15) is 0 Å². The van der Waals surface area contributed by atoms with E-state index >= 15 is 0 Å². The maximum Gasteiger partial charge on any atom is 0.142 e. The second kappa shape index (κ2) is 4.66. The third kappa shape index (κ3) is 2.65. The summed E-state index contributed by atoms with van der Waals surface area (Å²) in [5.74, 6) is 0. The Morgan fingerprint density at radius 3 is 2.90 bits per heavy atom. The summed E-state index contributed by atoms with van der Waals surface area (Å²) in [5.41, 5.74) is 0. The molecule has 0 amide bonds. The quantitative estimate of drug-likeness (QED) is 0.412. The molecule has 0 aromatic rings. The number of hydrogen-bond acceptors (Lipinski definition) is 0. The van der Waals surface area contributed by atoms with Crippen LogP contribution in [0.4, 0.5) is 0 Å². The van der Waals surface area contributed by atoms with E-state index < -0.39 is 0 Å². The van der Waals surface area contributed by atoms with Gasteiger partial charge in [0.2, 0.25) is 0 Å². The van der Waals surface area contributed by atoms with E-state index in [2.05, 4.69) is 10.8 Å². The fourth-order valence-corrected chi connectivity index (χ4v) is 1.70. The van der Waals surface area contributed by atoms with Crippen molar-refractivity contribution in [2.75, 3.05) is 13.1 Å². The van der Waals surface area contributed by atoms with Crippen molar-refractivity contribution in [3.8, 4) is 0 Å². The highest BCUT2D eigenvalue weighted by Gasteiger charge is 2.07. The minimum atomic E-state index is 1.32. The first-order valence-electron chi connectivity index (χ1n) is 4.51. The van der Waals surface area contributed by atoms with Gasteiger partial charge in [0, 0.05) is 29.5 Å². The minimum absolute atomic E-state index is 1.32. The molecule has 1 rings (SSSR count). The first kappa shape index (κ1) is 7.99. The molecule has 2 heteroatoms. The zero-order chi connectivity index (χ0) is 7.23. The third-order valence-electron chi connectivity index (χ3n) is 2.09. The molecule has 0 aromatic heterocycles. The lowest BCUT2D eigenvalue weighted by Crippen LogP contribution is -2.19. The molecule has 0 bridgehead atoms. The van der Waals surface area contributed by atoms with Crippen molar-refractivity contribution >= 4 is 16.5 Å². The minimum Gasteiger partial charge on any atom is -0.240 e. The second-order valence-electron chi connectivity index (χ2n) is 3.07. The molecule has 0 N–H and O–H groups in total. The second-order valence-corrected chi connectivity index (χ2v) is 4.07. The average molecular weight is 156 g/mol. The highest BCUT2D eigenvalue weighted by molar-refractivity contribution is 6.08. The predicted molar refractivity (Wildman–Crippen MR) is 49.3 cm³/mol. The van der Waals surface area contributed by atoms with Crippen LogP contribution in [0, 0.1) is 0 Å². The highest BCUT2D eigenvalue weighted by Crippen LogP contribution is 2.00. The normalized spacial score (nSPS) is 19.0. The van der Waals surface area contributed by atoms with E-state index in [-0.39, 0.29) is 0 Å². The van der Waals surface area contributed by atoms with E-state index in [1.807, 2.05) is 0 Å². The van der Waals surface area contributed by atoms with Crippen LogP contribution in [0.5, 0.6) is 0 Å². The Morgan fingerprint density at radius 2 is 2.30 bits per heavy atom. The molecule has 0 aromatic carbocycles. The van der Waals surface area contributed by atoms with Crippen LogP contribution in [0.25, 0.3) is 0 Å². The van der Waals surface area contributed by atoms with Gasteiger partial charge in [-0.05, 0) is 6.42 Å². The lowest BCUT2D eigenvalue weighted by Gasteiger charge is -2.06. The standard InChI is InChI=1S/C8H18NSi/c10-8-4-7-9-5-2-1-3-6-9/h5H,1-4,6-8H2,10H3/q+1.